The summed E-state index contributed by atoms with van der Waals surface area (Å²) in [5.74, 6) is -0.139. The minimum absolute atomic E-state index is 0.0263. The maximum atomic E-state index is 13.8. The van der Waals surface area contributed by atoms with Crippen molar-refractivity contribution in [2.45, 2.75) is 83.3 Å². The first-order valence-electron chi connectivity index (χ1n) is 13.6. The first-order valence-corrected chi connectivity index (χ1v) is 13.6. The molecule has 2 amide bonds. The van der Waals surface area contributed by atoms with Crippen molar-refractivity contribution in [1.29, 1.82) is 0 Å². The van der Waals surface area contributed by atoms with Gasteiger partial charge in [-0.3, -0.25) is 9.80 Å². The second-order valence-corrected chi connectivity index (χ2v) is 11.1. The van der Waals surface area contributed by atoms with Gasteiger partial charge in [0.25, 0.3) is 0 Å². The Kier molecular flexibility index (Phi) is 8.84. The van der Waals surface area contributed by atoms with E-state index in [0.717, 1.165) is 24.1 Å². The van der Waals surface area contributed by atoms with E-state index in [1.54, 1.807) is 13.8 Å². The van der Waals surface area contributed by atoms with Gasteiger partial charge in [-0.25, -0.2) is 9.59 Å². The molecule has 1 heterocycles. The number of nitrogens with zero attached hydrogens (tertiary/aromatic N) is 2. The molecular weight excluding hydrogens is 611 g/mol. The number of anilines is 1. The predicted molar refractivity (Wildman–Crippen MR) is 139 cm³/mol. The summed E-state index contributed by atoms with van der Waals surface area (Å²) in [6.45, 7) is 2.97. The highest BCUT2D eigenvalue weighted by molar-refractivity contribution is 5.91. The number of methoxy groups -OCH3 is 1. The van der Waals surface area contributed by atoms with Crippen LogP contribution in [0.2, 0.25) is 0 Å². The standard InChI is InChI=1S/C29H29F9N2O4/c1-14(2)44-26(42)40-22-8-7-18(27(30,31)32)11-19(22)24(12-23(40)17-5-6-17)39(25(41)43-4)13-16-9-20(28(33,34)35)15(3)21(10-16)29(36,37)38/h7-11,14,17,23-24H,5-6,12-13H2,1-4H3. The number of hydrogen-bond donors (Lipinski definition) is 0. The summed E-state index contributed by atoms with van der Waals surface area (Å²) in [5.41, 5.74) is -6.14. The molecule has 2 aromatic rings. The molecule has 2 unspecified atom stereocenters. The predicted octanol–water partition coefficient (Wildman–Crippen LogP) is 8.89. The lowest BCUT2D eigenvalue weighted by molar-refractivity contribution is -0.144. The highest BCUT2D eigenvalue weighted by Crippen LogP contribution is 2.50. The van der Waals surface area contributed by atoms with E-state index in [4.69, 9.17) is 9.47 Å². The number of halogens is 9. The Hall–Kier alpha value is -3.65. The number of ether oxygens (including phenoxy) is 2. The van der Waals surface area contributed by atoms with Crippen LogP contribution in [0.1, 0.15) is 72.5 Å². The SMILES string of the molecule is COC(=O)N(Cc1cc(C(F)(F)F)c(C)c(C(F)(F)F)c1)C1CC(C2CC2)N(C(=O)OC(C)C)c2ccc(C(F)(F)F)cc21. The third kappa shape index (κ3) is 6.85. The Labute approximate surface area is 246 Å². The molecule has 2 aromatic carbocycles. The first kappa shape index (κ1) is 33.2. The molecule has 0 radical (unpaired) electrons. The van der Waals surface area contributed by atoms with Gasteiger partial charge in [-0.05, 0) is 93.0 Å². The minimum atomic E-state index is -5.18. The number of fused-ring (bicyclic) bond motifs is 1. The van der Waals surface area contributed by atoms with Gasteiger partial charge in [0.15, 0.2) is 0 Å². The van der Waals surface area contributed by atoms with Crippen LogP contribution >= 0.6 is 0 Å². The summed E-state index contributed by atoms with van der Waals surface area (Å²) in [6, 6.07) is 1.44. The van der Waals surface area contributed by atoms with Gasteiger partial charge in [0.05, 0.1) is 41.6 Å². The van der Waals surface area contributed by atoms with Crippen LogP contribution in [0.15, 0.2) is 30.3 Å². The lowest BCUT2D eigenvalue weighted by Gasteiger charge is -2.44. The highest BCUT2D eigenvalue weighted by atomic mass is 19.4. The van der Waals surface area contributed by atoms with Crippen molar-refractivity contribution >= 4 is 17.9 Å². The van der Waals surface area contributed by atoms with Crippen LogP contribution in [-0.4, -0.2) is 36.3 Å². The molecule has 0 N–H and O–H groups in total. The third-order valence-corrected chi connectivity index (χ3v) is 7.69. The van der Waals surface area contributed by atoms with Gasteiger partial charge in [-0.15, -0.1) is 0 Å². The fourth-order valence-corrected chi connectivity index (χ4v) is 5.60. The molecule has 0 spiro atoms. The number of carbonyl (C=O) groups excluding carboxylic acids is 2. The molecule has 2 atom stereocenters. The number of alkyl halides is 9. The second kappa shape index (κ2) is 11.7. The molecule has 15 heteroatoms. The minimum Gasteiger partial charge on any atom is -0.453 e. The topological polar surface area (TPSA) is 59.1 Å². The number of rotatable bonds is 5. The fourth-order valence-electron chi connectivity index (χ4n) is 5.60. The molecule has 1 aliphatic carbocycles. The lowest BCUT2D eigenvalue weighted by atomic mass is 9.86. The van der Waals surface area contributed by atoms with Gasteiger partial charge in [-0.2, -0.15) is 39.5 Å². The van der Waals surface area contributed by atoms with E-state index in [0.29, 0.717) is 38.0 Å². The van der Waals surface area contributed by atoms with Crippen LogP contribution in [0.5, 0.6) is 0 Å². The van der Waals surface area contributed by atoms with Gasteiger partial charge >= 0.3 is 30.7 Å². The largest absolute Gasteiger partial charge is 0.453 e. The van der Waals surface area contributed by atoms with Crippen LogP contribution in [0, 0.1) is 12.8 Å². The molecule has 1 aliphatic heterocycles. The van der Waals surface area contributed by atoms with Gasteiger partial charge in [0.1, 0.15) is 0 Å². The Morgan fingerprint density at radius 3 is 1.95 bits per heavy atom. The number of hydrogen-bond acceptors (Lipinski definition) is 4. The fraction of sp³-hybridized carbons (Fsp3) is 0.517. The van der Waals surface area contributed by atoms with E-state index in [2.05, 4.69) is 0 Å². The number of amides is 2. The van der Waals surface area contributed by atoms with E-state index in [1.165, 1.54) is 4.90 Å². The van der Waals surface area contributed by atoms with Crippen molar-refractivity contribution in [3.8, 4) is 0 Å². The smallest absolute Gasteiger partial charge is 0.416 e. The molecule has 4 rings (SSSR count). The van der Waals surface area contributed by atoms with Crippen molar-refractivity contribution in [3.63, 3.8) is 0 Å². The van der Waals surface area contributed by atoms with E-state index >= 15 is 0 Å². The molecular formula is C29H29F9N2O4. The summed E-state index contributed by atoms with van der Waals surface area (Å²) in [5, 5.41) is 0. The van der Waals surface area contributed by atoms with Crippen molar-refractivity contribution in [3.05, 3.63) is 63.7 Å². The summed E-state index contributed by atoms with van der Waals surface area (Å²) < 4.78 is 134. The van der Waals surface area contributed by atoms with Gasteiger partial charge in [0.2, 0.25) is 0 Å². The van der Waals surface area contributed by atoms with Crippen LogP contribution in [-0.2, 0) is 34.5 Å². The molecule has 0 aromatic heterocycles. The Bertz CT molecular complexity index is 1380. The monoisotopic (exact) mass is 640 g/mol. The van der Waals surface area contributed by atoms with Crippen LogP contribution in [0.3, 0.4) is 0 Å². The average molecular weight is 641 g/mol. The Morgan fingerprint density at radius 1 is 0.932 bits per heavy atom. The Balaban J connectivity index is 1.91. The zero-order valence-corrected chi connectivity index (χ0v) is 24.0. The number of carbonyl (C=O) groups is 2. The maximum absolute atomic E-state index is 13.8. The third-order valence-electron chi connectivity index (χ3n) is 7.69. The molecule has 0 saturated heterocycles. The van der Waals surface area contributed by atoms with Crippen LogP contribution < -0.4 is 4.90 Å². The molecule has 0 bridgehead atoms. The first-order chi connectivity index (χ1) is 20.2. The summed E-state index contributed by atoms with van der Waals surface area (Å²) >= 11 is 0. The molecule has 44 heavy (non-hydrogen) atoms. The van der Waals surface area contributed by atoms with Gasteiger partial charge in [0, 0.05) is 12.6 Å². The van der Waals surface area contributed by atoms with Crippen LogP contribution in [0.25, 0.3) is 0 Å². The zero-order valence-electron chi connectivity index (χ0n) is 24.0. The van der Waals surface area contributed by atoms with Crippen molar-refractivity contribution in [1.82, 2.24) is 4.90 Å². The number of benzene rings is 2. The summed E-state index contributed by atoms with van der Waals surface area (Å²) in [7, 11) is 0.924. The summed E-state index contributed by atoms with van der Waals surface area (Å²) in [4.78, 5) is 28.3. The second-order valence-electron chi connectivity index (χ2n) is 11.1. The average Bonchev–Trinajstić information content (AvgIpc) is 3.74. The van der Waals surface area contributed by atoms with E-state index in [1.807, 2.05) is 0 Å². The van der Waals surface area contributed by atoms with Crippen molar-refractivity contribution < 1.29 is 58.6 Å². The molecule has 1 fully saturated rings. The highest BCUT2D eigenvalue weighted by Gasteiger charge is 2.48. The van der Waals surface area contributed by atoms with Crippen LogP contribution in [0.4, 0.5) is 54.8 Å². The Morgan fingerprint density at radius 2 is 1.50 bits per heavy atom. The summed E-state index contributed by atoms with van der Waals surface area (Å²) in [6.07, 6.45) is -16.7. The van der Waals surface area contributed by atoms with Crippen molar-refractivity contribution in [2.75, 3.05) is 12.0 Å². The molecule has 2 aliphatic rings. The molecule has 6 nitrogen and oxygen atoms in total. The molecule has 1 saturated carbocycles. The quantitative estimate of drug-likeness (QED) is 0.307. The molecule has 242 valence electrons. The van der Waals surface area contributed by atoms with E-state index in [9.17, 15) is 49.1 Å². The van der Waals surface area contributed by atoms with Gasteiger partial charge < -0.3 is 9.47 Å². The van der Waals surface area contributed by atoms with Gasteiger partial charge in [-0.1, -0.05) is 0 Å². The normalized spacial score (nSPS) is 19.1. The van der Waals surface area contributed by atoms with E-state index in [-0.39, 0.29) is 23.6 Å². The van der Waals surface area contributed by atoms with Crippen molar-refractivity contribution in [2.24, 2.45) is 5.92 Å². The van der Waals surface area contributed by atoms with E-state index < -0.39 is 83.3 Å². The maximum Gasteiger partial charge on any atom is 0.416 e. The zero-order chi connectivity index (χ0) is 32.9. The lowest BCUT2D eigenvalue weighted by Crippen LogP contribution is -2.50.